The molecule has 0 radical (unpaired) electrons. The predicted molar refractivity (Wildman–Crippen MR) is 56.0 cm³/mol. The first-order valence-electron chi connectivity index (χ1n) is 3.82. The molecule has 1 N–H and O–H groups in total. The van der Waals surface area contributed by atoms with Crippen LogP contribution in [0.4, 0.5) is 10.1 Å². The molecular formula is C10H9BrFN. The van der Waals surface area contributed by atoms with E-state index in [0.717, 1.165) is 4.47 Å². The van der Waals surface area contributed by atoms with E-state index in [1.807, 2.05) is 0 Å². The predicted octanol–water partition coefficient (Wildman–Crippen LogP) is 3.02. The Morgan fingerprint density at radius 3 is 2.92 bits per heavy atom. The fraction of sp³-hybridized carbons (Fsp3) is 0.200. The second kappa shape index (κ2) is 4.88. The SMILES string of the molecule is CC#CCNc1ccc(Br)cc1F. The average Bonchev–Trinajstić information content (AvgIpc) is 2.09. The van der Waals surface area contributed by atoms with Gasteiger partial charge in [0.25, 0.3) is 0 Å². The van der Waals surface area contributed by atoms with E-state index in [-0.39, 0.29) is 5.82 Å². The summed E-state index contributed by atoms with van der Waals surface area (Å²) in [4.78, 5) is 0. The van der Waals surface area contributed by atoms with Crippen LogP contribution in [0.2, 0.25) is 0 Å². The van der Waals surface area contributed by atoms with Crippen LogP contribution in [0.3, 0.4) is 0 Å². The topological polar surface area (TPSA) is 12.0 Å². The lowest BCUT2D eigenvalue weighted by Crippen LogP contribution is -2.00. The normalized spacial score (nSPS) is 8.85. The zero-order chi connectivity index (χ0) is 9.68. The van der Waals surface area contributed by atoms with Crippen LogP contribution in [0.15, 0.2) is 22.7 Å². The van der Waals surface area contributed by atoms with Gasteiger partial charge in [-0.1, -0.05) is 21.9 Å². The fourth-order valence-electron chi connectivity index (χ4n) is 0.861. The van der Waals surface area contributed by atoms with E-state index in [0.29, 0.717) is 12.2 Å². The summed E-state index contributed by atoms with van der Waals surface area (Å²) in [5.74, 6) is 5.25. The van der Waals surface area contributed by atoms with E-state index in [4.69, 9.17) is 0 Å². The lowest BCUT2D eigenvalue weighted by Gasteiger charge is -2.03. The van der Waals surface area contributed by atoms with Gasteiger partial charge in [-0.05, 0) is 25.1 Å². The Kier molecular flexibility index (Phi) is 3.78. The third-order valence-electron chi connectivity index (χ3n) is 1.48. The molecule has 0 atom stereocenters. The zero-order valence-corrected chi connectivity index (χ0v) is 8.78. The van der Waals surface area contributed by atoms with E-state index < -0.39 is 0 Å². The van der Waals surface area contributed by atoms with Gasteiger partial charge < -0.3 is 5.32 Å². The monoisotopic (exact) mass is 241 g/mol. The van der Waals surface area contributed by atoms with Crippen molar-refractivity contribution in [2.75, 3.05) is 11.9 Å². The molecule has 0 fully saturated rings. The molecule has 0 unspecified atom stereocenters. The molecule has 0 aliphatic heterocycles. The van der Waals surface area contributed by atoms with Gasteiger partial charge in [0.1, 0.15) is 5.82 Å². The highest BCUT2D eigenvalue weighted by molar-refractivity contribution is 9.10. The molecule has 0 aromatic heterocycles. The van der Waals surface area contributed by atoms with Crippen molar-refractivity contribution in [2.24, 2.45) is 0 Å². The molecule has 13 heavy (non-hydrogen) atoms. The Hall–Kier alpha value is -1.01. The van der Waals surface area contributed by atoms with Crippen molar-refractivity contribution in [1.82, 2.24) is 0 Å². The number of nitrogens with one attached hydrogen (secondary N) is 1. The molecule has 1 aromatic carbocycles. The molecule has 0 amide bonds. The zero-order valence-electron chi connectivity index (χ0n) is 7.20. The van der Waals surface area contributed by atoms with E-state index in [9.17, 15) is 4.39 Å². The highest BCUT2D eigenvalue weighted by Gasteiger charge is 1.99. The van der Waals surface area contributed by atoms with Crippen LogP contribution in [0.5, 0.6) is 0 Å². The maximum Gasteiger partial charge on any atom is 0.147 e. The maximum atomic E-state index is 13.1. The van der Waals surface area contributed by atoms with Crippen LogP contribution in [-0.4, -0.2) is 6.54 Å². The van der Waals surface area contributed by atoms with Gasteiger partial charge in [0, 0.05) is 4.47 Å². The maximum absolute atomic E-state index is 13.1. The molecule has 0 heterocycles. The third-order valence-corrected chi connectivity index (χ3v) is 1.97. The summed E-state index contributed by atoms with van der Waals surface area (Å²) in [6.45, 7) is 2.22. The molecule has 68 valence electrons. The molecule has 1 aromatic rings. The summed E-state index contributed by atoms with van der Waals surface area (Å²) in [6, 6.07) is 4.88. The van der Waals surface area contributed by atoms with Crippen LogP contribution in [-0.2, 0) is 0 Å². The lowest BCUT2D eigenvalue weighted by molar-refractivity contribution is 0.630. The smallest absolute Gasteiger partial charge is 0.147 e. The van der Waals surface area contributed by atoms with Crippen LogP contribution < -0.4 is 5.32 Å². The van der Waals surface area contributed by atoms with Crippen molar-refractivity contribution in [1.29, 1.82) is 0 Å². The van der Waals surface area contributed by atoms with Crippen molar-refractivity contribution >= 4 is 21.6 Å². The summed E-state index contributed by atoms with van der Waals surface area (Å²) in [6.07, 6.45) is 0. The minimum Gasteiger partial charge on any atom is -0.372 e. The molecule has 1 nitrogen and oxygen atoms in total. The summed E-state index contributed by atoms with van der Waals surface area (Å²) < 4.78 is 13.9. The minimum atomic E-state index is -0.271. The van der Waals surface area contributed by atoms with Gasteiger partial charge in [0.15, 0.2) is 0 Å². The second-order valence-corrected chi connectivity index (χ2v) is 3.32. The Labute approximate surface area is 85.5 Å². The Bertz CT molecular complexity index is 352. The number of anilines is 1. The molecular weight excluding hydrogens is 233 g/mol. The molecule has 0 spiro atoms. The number of hydrogen-bond acceptors (Lipinski definition) is 1. The van der Waals surface area contributed by atoms with Crippen molar-refractivity contribution in [3.63, 3.8) is 0 Å². The molecule has 0 aliphatic carbocycles. The first-order valence-corrected chi connectivity index (χ1v) is 4.62. The Morgan fingerprint density at radius 1 is 1.54 bits per heavy atom. The van der Waals surface area contributed by atoms with E-state index in [1.165, 1.54) is 6.07 Å². The molecule has 1 rings (SSSR count). The molecule has 0 aliphatic rings. The van der Waals surface area contributed by atoms with Crippen LogP contribution in [0, 0.1) is 17.7 Å². The van der Waals surface area contributed by atoms with Gasteiger partial charge in [-0.25, -0.2) is 4.39 Å². The van der Waals surface area contributed by atoms with Gasteiger partial charge >= 0.3 is 0 Å². The van der Waals surface area contributed by atoms with E-state index in [1.54, 1.807) is 19.1 Å². The molecule has 0 bridgehead atoms. The Balaban J connectivity index is 2.70. The minimum absolute atomic E-state index is 0.271. The lowest BCUT2D eigenvalue weighted by atomic mass is 10.3. The van der Waals surface area contributed by atoms with Crippen molar-refractivity contribution < 1.29 is 4.39 Å². The van der Waals surface area contributed by atoms with Gasteiger partial charge in [-0.15, -0.1) is 5.92 Å². The third kappa shape index (κ3) is 3.08. The highest BCUT2D eigenvalue weighted by Crippen LogP contribution is 2.18. The summed E-state index contributed by atoms with van der Waals surface area (Å²) in [7, 11) is 0. The first-order chi connectivity index (χ1) is 6.24. The summed E-state index contributed by atoms with van der Waals surface area (Å²) in [5.41, 5.74) is 0.478. The van der Waals surface area contributed by atoms with Crippen molar-refractivity contribution in [2.45, 2.75) is 6.92 Å². The van der Waals surface area contributed by atoms with Crippen LogP contribution >= 0.6 is 15.9 Å². The van der Waals surface area contributed by atoms with Gasteiger partial charge in [0.2, 0.25) is 0 Å². The molecule has 0 saturated heterocycles. The molecule has 3 heteroatoms. The number of rotatable bonds is 2. The van der Waals surface area contributed by atoms with Gasteiger partial charge in [-0.3, -0.25) is 0 Å². The summed E-state index contributed by atoms with van der Waals surface area (Å²) >= 11 is 3.18. The highest BCUT2D eigenvalue weighted by atomic mass is 79.9. The standard InChI is InChI=1S/C10H9BrFN/c1-2-3-6-13-10-5-4-8(11)7-9(10)12/h4-5,7,13H,6H2,1H3. The van der Waals surface area contributed by atoms with Gasteiger partial charge in [0.05, 0.1) is 12.2 Å². The molecule has 0 saturated carbocycles. The first kappa shape index (κ1) is 10.1. The second-order valence-electron chi connectivity index (χ2n) is 2.40. The van der Waals surface area contributed by atoms with Crippen LogP contribution in [0.1, 0.15) is 6.92 Å². The average molecular weight is 242 g/mol. The van der Waals surface area contributed by atoms with Crippen molar-refractivity contribution in [3.05, 3.63) is 28.5 Å². The fourth-order valence-corrected chi connectivity index (χ4v) is 1.19. The van der Waals surface area contributed by atoms with Crippen LogP contribution in [0.25, 0.3) is 0 Å². The largest absolute Gasteiger partial charge is 0.372 e. The number of benzene rings is 1. The van der Waals surface area contributed by atoms with E-state index >= 15 is 0 Å². The quantitative estimate of drug-likeness (QED) is 0.786. The number of hydrogen-bond donors (Lipinski definition) is 1. The Morgan fingerprint density at radius 2 is 2.31 bits per heavy atom. The summed E-state index contributed by atoms with van der Waals surface area (Å²) in [5, 5.41) is 2.87. The van der Waals surface area contributed by atoms with Gasteiger partial charge in [-0.2, -0.15) is 0 Å². The van der Waals surface area contributed by atoms with E-state index in [2.05, 4.69) is 33.1 Å². The number of halogens is 2. The van der Waals surface area contributed by atoms with Crippen molar-refractivity contribution in [3.8, 4) is 11.8 Å².